The summed E-state index contributed by atoms with van der Waals surface area (Å²) in [7, 11) is 4.48. The van der Waals surface area contributed by atoms with E-state index in [0.29, 0.717) is 17.1 Å². The van der Waals surface area contributed by atoms with Crippen molar-refractivity contribution in [2.24, 2.45) is 11.6 Å². The van der Waals surface area contributed by atoms with Gasteiger partial charge in [-0.2, -0.15) is 0 Å². The Morgan fingerprint density at radius 3 is 2.47 bits per heavy atom. The Morgan fingerprint density at radius 2 is 2.00 bits per heavy atom. The maximum atomic E-state index is 11.7. The fourth-order valence-corrected chi connectivity index (χ4v) is 1.43. The number of rotatable bonds is 4. The molecule has 17 heavy (non-hydrogen) atoms. The minimum Gasteiger partial charge on any atom is -0.497 e. The molecule has 0 aliphatic rings. The zero-order valence-corrected chi connectivity index (χ0v) is 10.1. The lowest BCUT2D eigenvalue weighted by Gasteiger charge is -2.19. The maximum absolute atomic E-state index is 11.7. The highest BCUT2D eigenvalue weighted by molar-refractivity contribution is 5.83. The van der Waals surface area contributed by atoms with E-state index < -0.39 is 11.9 Å². The molecule has 1 amide bonds. The van der Waals surface area contributed by atoms with Crippen LogP contribution in [0, 0.1) is 0 Å². The summed E-state index contributed by atoms with van der Waals surface area (Å²) in [6.45, 7) is 0. The second-order valence-electron chi connectivity index (χ2n) is 3.53. The van der Waals surface area contributed by atoms with E-state index in [4.69, 9.17) is 21.1 Å². The number of hydrazine groups is 1. The van der Waals surface area contributed by atoms with E-state index >= 15 is 0 Å². The molecule has 0 saturated heterocycles. The third-order valence-electron chi connectivity index (χ3n) is 2.39. The number of ether oxygens (including phenoxy) is 2. The zero-order chi connectivity index (χ0) is 13.0. The van der Waals surface area contributed by atoms with E-state index in [1.165, 1.54) is 21.3 Å². The average molecular weight is 239 g/mol. The van der Waals surface area contributed by atoms with Crippen molar-refractivity contribution in [2.45, 2.75) is 6.04 Å². The van der Waals surface area contributed by atoms with Gasteiger partial charge in [-0.25, -0.2) is 5.84 Å². The Hall–Kier alpha value is -1.79. The minimum atomic E-state index is -0.880. The molecular weight excluding hydrogens is 222 g/mol. The first-order valence-electron chi connectivity index (χ1n) is 5.01. The number of nitrogens with zero attached hydrogens (tertiary/aromatic N) is 1. The molecule has 1 aromatic carbocycles. The summed E-state index contributed by atoms with van der Waals surface area (Å²) in [4.78, 5) is 11.7. The Labute approximate surface area is 100 Å². The molecule has 1 unspecified atom stereocenters. The molecule has 6 heteroatoms. The van der Waals surface area contributed by atoms with Crippen molar-refractivity contribution < 1.29 is 14.3 Å². The van der Waals surface area contributed by atoms with E-state index in [2.05, 4.69) is 0 Å². The molecule has 0 aliphatic carbocycles. The molecule has 0 fully saturated rings. The van der Waals surface area contributed by atoms with Gasteiger partial charge in [0.2, 0.25) is 0 Å². The van der Waals surface area contributed by atoms with Crippen molar-refractivity contribution in [2.75, 3.05) is 21.3 Å². The number of hydrogen-bond donors (Lipinski definition) is 2. The summed E-state index contributed by atoms with van der Waals surface area (Å²) >= 11 is 0. The van der Waals surface area contributed by atoms with Crippen LogP contribution in [0.4, 0.5) is 0 Å². The quantitative estimate of drug-likeness (QED) is 0.439. The van der Waals surface area contributed by atoms with Crippen LogP contribution in [-0.4, -0.2) is 32.2 Å². The normalized spacial score (nSPS) is 11.8. The molecule has 0 aromatic heterocycles. The first-order chi connectivity index (χ1) is 8.01. The summed E-state index contributed by atoms with van der Waals surface area (Å²) in [5.41, 5.74) is 6.37. The van der Waals surface area contributed by atoms with Gasteiger partial charge in [0, 0.05) is 12.6 Å². The van der Waals surface area contributed by atoms with Gasteiger partial charge in [0.1, 0.15) is 17.5 Å². The molecular formula is C11H17N3O3. The van der Waals surface area contributed by atoms with Crippen LogP contribution in [0.2, 0.25) is 0 Å². The summed E-state index contributed by atoms with van der Waals surface area (Å²) in [6.07, 6.45) is 0. The van der Waals surface area contributed by atoms with Crippen molar-refractivity contribution in [3.05, 3.63) is 23.8 Å². The lowest BCUT2D eigenvalue weighted by Crippen LogP contribution is -2.40. The standard InChI is InChI=1S/C11H17N3O3/c1-14(13)11(15)10(12)8-6-7(16-2)4-5-9(8)17-3/h4-6,10H,12-13H2,1-3H3. The number of hydrogen-bond acceptors (Lipinski definition) is 5. The smallest absolute Gasteiger partial charge is 0.257 e. The number of amides is 1. The van der Waals surface area contributed by atoms with Gasteiger partial charge in [0.15, 0.2) is 0 Å². The van der Waals surface area contributed by atoms with Gasteiger partial charge in [-0.3, -0.25) is 9.80 Å². The van der Waals surface area contributed by atoms with Crippen LogP contribution in [0.1, 0.15) is 11.6 Å². The first kappa shape index (κ1) is 13.3. The van der Waals surface area contributed by atoms with E-state index in [9.17, 15) is 4.79 Å². The summed E-state index contributed by atoms with van der Waals surface area (Å²) < 4.78 is 10.2. The predicted octanol–water partition coefficient (Wildman–Crippen LogP) is 0.0357. The Balaban J connectivity index is 3.13. The van der Waals surface area contributed by atoms with Gasteiger partial charge in [-0.15, -0.1) is 0 Å². The minimum absolute atomic E-state index is 0.406. The third kappa shape index (κ3) is 2.86. The topological polar surface area (TPSA) is 90.8 Å². The second kappa shape index (κ2) is 5.51. The SMILES string of the molecule is COc1ccc(OC)c(C(N)C(=O)N(C)N)c1. The molecule has 0 saturated carbocycles. The van der Waals surface area contributed by atoms with Crippen molar-refractivity contribution in [3.63, 3.8) is 0 Å². The molecule has 1 aromatic rings. The molecule has 0 heterocycles. The van der Waals surface area contributed by atoms with E-state index in [1.54, 1.807) is 18.2 Å². The van der Waals surface area contributed by atoms with Crippen molar-refractivity contribution in [1.29, 1.82) is 0 Å². The second-order valence-corrected chi connectivity index (χ2v) is 3.53. The summed E-state index contributed by atoms with van der Waals surface area (Å²) in [5.74, 6) is 6.08. The van der Waals surface area contributed by atoms with Crippen molar-refractivity contribution in [1.82, 2.24) is 5.01 Å². The number of carbonyl (C=O) groups is 1. The van der Waals surface area contributed by atoms with Crippen molar-refractivity contribution >= 4 is 5.91 Å². The Kier molecular flexibility index (Phi) is 4.30. The predicted molar refractivity (Wildman–Crippen MR) is 63.4 cm³/mol. The Morgan fingerprint density at radius 1 is 1.35 bits per heavy atom. The summed E-state index contributed by atoms with van der Waals surface area (Å²) in [5, 5.41) is 0.948. The van der Waals surface area contributed by atoms with Gasteiger partial charge in [0.05, 0.1) is 14.2 Å². The number of benzene rings is 1. The first-order valence-corrected chi connectivity index (χ1v) is 5.01. The zero-order valence-electron chi connectivity index (χ0n) is 10.1. The number of carbonyl (C=O) groups excluding carboxylic acids is 1. The van der Waals surface area contributed by atoms with Crippen LogP contribution in [0.25, 0.3) is 0 Å². The van der Waals surface area contributed by atoms with E-state index in [-0.39, 0.29) is 0 Å². The average Bonchev–Trinajstić information content (AvgIpc) is 2.35. The van der Waals surface area contributed by atoms with Gasteiger partial charge in [-0.1, -0.05) is 0 Å². The van der Waals surface area contributed by atoms with Gasteiger partial charge in [0.25, 0.3) is 5.91 Å². The number of nitrogens with two attached hydrogens (primary N) is 2. The highest BCUT2D eigenvalue weighted by Crippen LogP contribution is 2.28. The van der Waals surface area contributed by atoms with Crippen LogP contribution in [0.15, 0.2) is 18.2 Å². The molecule has 0 bridgehead atoms. The lowest BCUT2D eigenvalue weighted by molar-refractivity contribution is -0.131. The largest absolute Gasteiger partial charge is 0.497 e. The molecule has 94 valence electrons. The van der Waals surface area contributed by atoms with E-state index in [1.807, 2.05) is 0 Å². The van der Waals surface area contributed by atoms with Crippen LogP contribution in [-0.2, 0) is 4.79 Å². The highest BCUT2D eigenvalue weighted by Gasteiger charge is 2.22. The number of likely N-dealkylation sites (N-methyl/N-ethyl adjacent to an activating group) is 1. The van der Waals surface area contributed by atoms with Crippen LogP contribution in [0.3, 0.4) is 0 Å². The highest BCUT2D eigenvalue weighted by atomic mass is 16.5. The van der Waals surface area contributed by atoms with Crippen LogP contribution in [0.5, 0.6) is 11.5 Å². The molecule has 0 spiro atoms. The van der Waals surface area contributed by atoms with Gasteiger partial charge in [-0.05, 0) is 18.2 Å². The molecule has 0 radical (unpaired) electrons. The fraction of sp³-hybridized carbons (Fsp3) is 0.364. The van der Waals surface area contributed by atoms with Crippen LogP contribution < -0.4 is 21.1 Å². The van der Waals surface area contributed by atoms with Gasteiger partial charge >= 0.3 is 0 Å². The van der Waals surface area contributed by atoms with Crippen LogP contribution >= 0.6 is 0 Å². The maximum Gasteiger partial charge on any atom is 0.257 e. The van der Waals surface area contributed by atoms with E-state index in [0.717, 1.165) is 5.01 Å². The summed E-state index contributed by atoms with van der Waals surface area (Å²) in [6, 6.07) is 4.20. The number of methoxy groups -OCH3 is 2. The molecule has 6 nitrogen and oxygen atoms in total. The van der Waals surface area contributed by atoms with Gasteiger partial charge < -0.3 is 15.2 Å². The molecule has 1 rings (SSSR count). The monoisotopic (exact) mass is 239 g/mol. The Bertz CT molecular complexity index is 407. The fourth-order valence-electron chi connectivity index (χ4n) is 1.43. The molecule has 4 N–H and O–H groups in total. The molecule has 0 aliphatic heterocycles. The third-order valence-corrected chi connectivity index (χ3v) is 2.39. The molecule has 1 atom stereocenters. The van der Waals surface area contributed by atoms with Crippen molar-refractivity contribution in [3.8, 4) is 11.5 Å². The lowest BCUT2D eigenvalue weighted by atomic mass is 10.1.